The summed E-state index contributed by atoms with van der Waals surface area (Å²) in [5.41, 5.74) is 2.35. The molecule has 0 heterocycles. The van der Waals surface area contributed by atoms with Crippen molar-refractivity contribution in [3.8, 4) is 0 Å². The molecule has 2 rings (SSSR count). The van der Waals surface area contributed by atoms with Gasteiger partial charge < -0.3 is 5.32 Å². The van der Waals surface area contributed by atoms with E-state index in [-0.39, 0.29) is 0 Å². The molecule has 2 aromatic carbocycles. The summed E-state index contributed by atoms with van der Waals surface area (Å²) in [6.07, 6.45) is 1.09. The summed E-state index contributed by atoms with van der Waals surface area (Å²) >= 11 is 12.3. The Morgan fingerprint density at radius 2 is 1.60 bits per heavy atom. The highest BCUT2D eigenvalue weighted by molar-refractivity contribution is 6.35. The van der Waals surface area contributed by atoms with Crippen LogP contribution in [0.15, 0.2) is 48.5 Å². The molecule has 3 heteroatoms. The van der Waals surface area contributed by atoms with Gasteiger partial charge >= 0.3 is 0 Å². The molecule has 0 bridgehead atoms. The molecule has 0 aliphatic carbocycles. The quantitative estimate of drug-likeness (QED) is 0.716. The van der Waals surface area contributed by atoms with Crippen molar-refractivity contribution in [2.24, 2.45) is 0 Å². The van der Waals surface area contributed by atoms with Gasteiger partial charge in [0.2, 0.25) is 0 Å². The van der Waals surface area contributed by atoms with Gasteiger partial charge in [-0.05, 0) is 36.6 Å². The second-order valence-corrected chi connectivity index (χ2v) is 5.79. The first-order valence-electron chi connectivity index (χ1n) is 6.87. The molecule has 1 N–H and O–H groups in total. The number of hydrogen-bond acceptors (Lipinski definition) is 1. The molecule has 0 aliphatic rings. The fourth-order valence-corrected chi connectivity index (χ4v) is 2.71. The number of rotatable bonds is 6. The van der Waals surface area contributed by atoms with E-state index in [9.17, 15) is 0 Å². The summed E-state index contributed by atoms with van der Waals surface area (Å²) < 4.78 is 0. The lowest BCUT2D eigenvalue weighted by molar-refractivity contribution is 0.594. The standard InChI is InChI=1S/C17H19Cl2N/c1-13(14-6-3-2-4-7-14)10-11-20-12-15-16(18)8-5-9-17(15)19/h2-9,13,20H,10-12H2,1H3. The van der Waals surface area contributed by atoms with Crippen LogP contribution < -0.4 is 5.32 Å². The highest BCUT2D eigenvalue weighted by atomic mass is 35.5. The maximum atomic E-state index is 6.14. The van der Waals surface area contributed by atoms with Crippen LogP contribution in [0.25, 0.3) is 0 Å². The minimum absolute atomic E-state index is 0.547. The predicted molar refractivity (Wildman–Crippen MR) is 87.6 cm³/mol. The Bertz CT molecular complexity index is 520. The second-order valence-electron chi connectivity index (χ2n) is 4.98. The van der Waals surface area contributed by atoms with Crippen molar-refractivity contribution in [2.75, 3.05) is 6.54 Å². The third-order valence-electron chi connectivity index (χ3n) is 3.49. The molecule has 0 fully saturated rings. The summed E-state index contributed by atoms with van der Waals surface area (Å²) in [5.74, 6) is 0.547. The van der Waals surface area contributed by atoms with Gasteiger partial charge in [0.15, 0.2) is 0 Å². The first kappa shape index (κ1) is 15.4. The van der Waals surface area contributed by atoms with Crippen LogP contribution in [-0.2, 0) is 6.54 Å². The van der Waals surface area contributed by atoms with Gasteiger partial charge in [-0.1, -0.05) is 66.5 Å². The van der Waals surface area contributed by atoms with E-state index < -0.39 is 0 Å². The van der Waals surface area contributed by atoms with Crippen molar-refractivity contribution in [1.29, 1.82) is 0 Å². The monoisotopic (exact) mass is 307 g/mol. The van der Waals surface area contributed by atoms with E-state index in [0.29, 0.717) is 12.5 Å². The third-order valence-corrected chi connectivity index (χ3v) is 4.19. The molecule has 0 aromatic heterocycles. The lowest BCUT2D eigenvalue weighted by Gasteiger charge is -2.13. The van der Waals surface area contributed by atoms with E-state index in [1.807, 2.05) is 24.3 Å². The van der Waals surface area contributed by atoms with Gasteiger partial charge in [-0.2, -0.15) is 0 Å². The highest BCUT2D eigenvalue weighted by Crippen LogP contribution is 2.24. The van der Waals surface area contributed by atoms with Crippen molar-refractivity contribution >= 4 is 23.2 Å². The fraction of sp³-hybridized carbons (Fsp3) is 0.294. The molecule has 1 unspecified atom stereocenters. The zero-order valence-electron chi connectivity index (χ0n) is 11.6. The third kappa shape index (κ3) is 4.24. The van der Waals surface area contributed by atoms with Crippen LogP contribution in [0.5, 0.6) is 0 Å². The van der Waals surface area contributed by atoms with Crippen molar-refractivity contribution in [2.45, 2.75) is 25.8 Å². The van der Waals surface area contributed by atoms with E-state index >= 15 is 0 Å². The molecule has 0 spiro atoms. The summed E-state index contributed by atoms with van der Waals surface area (Å²) in [4.78, 5) is 0. The first-order valence-corrected chi connectivity index (χ1v) is 7.62. The smallest absolute Gasteiger partial charge is 0.0465 e. The van der Waals surface area contributed by atoms with E-state index in [1.54, 1.807) is 0 Å². The maximum Gasteiger partial charge on any atom is 0.0465 e. The molecule has 0 amide bonds. The minimum atomic E-state index is 0.547. The van der Waals surface area contributed by atoms with Crippen molar-refractivity contribution in [3.05, 3.63) is 69.7 Å². The van der Waals surface area contributed by atoms with Crippen molar-refractivity contribution in [3.63, 3.8) is 0 Å². The molecule has 1 nitrogen and oxygen atoms in total. The minimum Gasteiger partial charge on any atom is -0.313 e. The predicted octanol–water partition coefficient (Wildman–Crippen LogP) is 5.28. The SMILES string of the molecule is CC(CCNCc1c(Cl)cccc1Cl)c1ccccc1. The molecular weight excluding hydrogens is 289 g/mol. The Morgan fingerprint density at radius 1 is 0.950 bits per heavy atom. The van der Waals surface area contributed by atoms with Crippen molar-refractivity contribution in [1.82, 2.24) is 5.32 Å². The number of benzene rings is 2. The normalized spacial score (nSPS) is 12.3. The summed E-state index contributed by atoms with van der Waals surface area (Å²) in [6.45, 7) is 3.90. The molecule has 0 saturated heterocycles. The van der Waals surface area contributed by atoms with Gasteiger partial charge in [-0.15, -0.1) is 0 Å². The molecular formula is C17H19Cl2N. The second kappa shape index (κ2) is 7.68. The van der Waals surface area contributed by atoms with Crippen LogP contribution >= 0.6 is 23.2 Å². The summed E-state index contributed by atoms with van der Waals surface area (Å²) in [5, 5.41) is 4.86. The van der Waals surface area contributed by atoms with Crippen LogP contribution in [0.2, 0.25) is 10.0 Å². The van der Waals surface area contributed by atoms with Gasteiger partial charge in [0.1, 0.15) is 0 Å². The van der Waals surface area contributed by atoms with E-state index in [0.717, 1.165) is 28.6 Å². The van der Waals surface area contributed by atoms with Crippen LogP contribution in [0.3, 0.4) is 0 Å². The molecule has 0 aliphatic heterocycles. The van der Waals surface area contributed by atoms with Gasteiger partial charge in [-0.3, -0.25) is 0 Å². The van der Waals surface area contributed by atoms with Gasteiger partial charge in [0.25, 0.3) is 0 Å². The lowest BCUT2D eigenvalue weighted by atomic mass is 9.98. The van der Waals surface area contributed by atoms with E-state index in [1.165, 1.54) is 5.56 Å². The molecule has 0 radical (unpaired) electrons. The molecule has 0 saturated carbocycles. The number of halogens is 2. The Kier molecular flexibility index (Phi) is 5.90. The van der Waals surface area contributed by atoms with Gasteiger partial charge in [-0.25, -0.2) is 0 Å². The Balaban J connectivity index is 1.80. The molecule has 106 valence electrons. The summed E-state index contributed by atoms with van der Waals surface area (Å²) in [7, 11) is 0. The molecule has 2 aromatic rings. The molecule has 20 heavy (non-hydrogen) atoms. The van der Waals surface area contributed by atoms with E-state index in [4.69, 9.17) is 23.2 Å². The highest BCUT2D eigenvalue weighted by Gasteiger charge is 2.06. The first-order chi connectivity index (χ1) is 9.68. The van der Waals surface area contributed by atoms with Crippen molar-refractivity contribution < 1.29 is 0 Å². The zero-order chi connectivity index (χ0) is 14.4. The fourth-order valence-electron chi connectivity index (χ4n) is 2.18. The lowest BCUT2D eigenvalue weighted by Crippen LogP contribution is -2.17. The molecule has 1 atom stereocenters. The largest absolute Gasteiger partial charge is 0.313 e. The maximum absolute atomic E-state index is 6.14. The van der Waals surface area contributed by atoms with Crippen LogP contribution in [0.4, 0.5) is 0 Å². The van der Waals surface area contributed by atoms with Gasteiger partial charge in [0.05, 0.1) is 0 Å². The average Bonchev–Trinajstić information content (AvgIpc) is 2.46. The van der Waals surface area contributed by atoms with Crippen LogP contribution in [0.1, 0.15) is 30.4 Å². The van der Waals surface area contributed by atoms with Crippen LogP contribution in [-0.4, -0.2) is 6.54 Å². The van der Waals surface area contributed by atoms with E-state index in [2.05, 4.69) is 36.5 Å². The topological polar surface area (TPSA) is 12.0 Å². The Hall–Kier alpha value is -1.02. The average molecular weight is 308 g/mol. The number of nitrogens with one attached hydrogen (secondary N) is 1. The van der Waals surface area contributed by atoms with Gasteiger partial charge in [0, 0.05) is 22.2 Å². The number of hydrogen-bond donors (Lipinski definition) is 1. The Labute approximate surface area is 130 Å². The van der Waals surface area contributed by atoms with Crippen LogP contribution in [0, 0.1) is 0 Å². The Morgan fingerprint density at radius 3 is 2.25 bits per heavy atom. The summed E-state index contributed by atoms with van der Waals surface area (Å²) in [6, 6.07) is 16.2. The zero-order valence-corrected chi connectivity index (χ0v) is 13.1.